The van der Waals surface area contributed by atoms with Crippen LogP contribution in [-0.4, -0.2) is 80.2 Å². The minimum Gasteiger partial charge on any atom is -0.444 e. The Morgan fingerprint density at radius 1 is 1.22 bits per heavy atom. The molecule has 0 aromatic heterocycles. The van der Waals surface area contributed by atoms with Gasteiger partial charge in [0, 0.05) is 26.2 Å². The highest BCUT2D eigenvalue weighted by Gasteiger charge is 2.25. The molecule has 0 saturated carbocycles. The first kappa shape index (κ1) is 29.2. The predicted molar refractivity (Wildman–Crippen MR) is 139 cm³/mol. The topological polar surface area (TPSA) is 84.4 Å². The van der Waals surface area contributed by atoms with Gasteiger partial charge in [-0.25, -0.2) is 4.79 Å². The van der Waals surface area contributed by atoms with Gasteiger partial charge < -0.3 is 29.7 Å². The summed E-state index contributed by atoms with van der Waals surface area (Å²) in [6, 6.07) is -0.0872. The van der Waals surface area contributed by atoms with Crippen molar-refractivity contribution < 1.29 is 19.0 Å². The van der Waals surface area contributed by atoms with Gasteiger partial charge in [0.25, 0.3) is 0 Å². The third kappa shape index (κ3) is 10.9. The average Bonchev–Trinajstić information content (AvgIpc) is 3.21. The normalized spacial score (nSPS) is 21.3. The maximum absolute atomic E-state index is 12.2. The van der Waals surface area contributed by atoms with E-state index in [-0.39, 0.29) is 42.0 Å². The fourth-order valence-corrected chi connectivity index (χ4v) is 3.75. The molecule has 0 radical (unpaired) electrons. The first-order chi connectivity index (χ1) is 14.7. The van der Waals surface area contributed by atoms with E-state index in [9.17, 15) is 4.79 Å². The number of alkyl carbamates (subject to hydrolysis) is 1. The Morgan fingerprint density at radius 3 is 2.44 bits per heavy atom. The number of hydrogen-bond donors (Lipinski definition) is 2. The quantitative estimate of drug-likeness (QED) is 0.264. The highest BCUT2D eigenvalue weighted by Crippen LogP contribution is 2.18. The monoisotopic (exact) mass is 568 g/mol. The van der Waals surface area contributed by atoms with Crippen LogP contribution >= 0.6 is 24.0 Å². The second kappa shape index (κ2) is 14.5. The number of likely N-dealkylation sites (tertiary alicyclic amines) is 1. The minimum atomic E-state index is -0.514. The van der Waals surface area contributed by atoms with E-state index >= 15 is 0 Å². The lowest BCUT2D eigenvalue weighted by Gasteiger charge is -2.35. The Morgan fingerprint density at radius 2 is 1.91 bits per heavy atom. The molecule has 2 N–H and O–H groups in total. The van der Waals surface area contributed by atoms with Crippen molar-refractivity contribution in [1.82, 2.24) is 15.5 Å². The van der Waals surface area contributed by atoms with Gasteiger partial charge in [0.1, 0.15) is 5.60 Å². The van der Waals surface area contributed by atoms with Gasteiger partial charge in [0.05, 0.1) is 31.4 Å². The van der Waals surface area contributed by atoms with Crippen LogP contribution in [0.5, 0.6) is 0 Å². The Balaban J connectivity index is 0.00000512. The number of carbonyl (C=O) groups excluding carboxylic acids is 1. The molecule has 0 bridgehead atoms. The Hall–Kier alpha value is -0.810. The zero-order valence-electron chi connectivity index (χ0n) is 20.8. The number of amides is 1. The summed E-state index contributed by atoms with van der Waals surface area (Å²) in [7, 11) is 0. The lowest BCUT2D eigenvalue weighted by molar-refractivity contribution is -0.0367. The maximum Gasteiger partial charge on any atom is 0.407 e. The van der Waals surface area contributed by atoms with Crippen molar-refractivity contribution in [2.45, 2.75) is 91.1 Å². The highest BCUT2D eigenvalue weighted by atomic mass is 127. The van der Waals surface area contributed by atoms with Crippen molar-refractivity contribution in [2.75, 3.05) is 39.4 Å². The zero-order valence-corrected chi connectivity index (χ0v) is 23.1. The Kier molecular flexibility index (Phi) is 13.2. The summed E-state index contributed by atoms with van der Waals surface area (Å²) in [6.45, 7) is 16.6. The third-order valence-electron chi connectivity index (χ3n) is 5.56. The van der Waals surface area contributed by atoms with Crippen LogP contribution in [0.3, 0.4) is 0 Å². The number of guanidine groups is 1. The number of rotatable bonds is 8. The molecule has 1 amide bonds. The van der Waals surface area contributed by atoms with E-state index in [1.807, 2.05) is 20.8 Å². The van der Waals surface area contributed by atoms with Crippen LogP contribution in [-0.2, 0) is 14.2 Å². The molecule has 2 atom stereocenters. The molecule has 2 heterocycles. The summed E-state index contributed by atoms with van der Waals surface area (Å²) in [5.74, 6) is 1.15. The molecule has 2 aliphatic heterocycles. The summed E-state index contributed by atoms with van der Waals surface area (Å²) in [6.07, 6.45) is 4.42. The van der Waals surface area contributed by atoms with Gasteiger partial charge in [-0.15, -0.1) is 24.0 Å². The van der Waals surface area contributed by atoms with Crippen LogP contribution in [0, 0.1) is 5.92 Å². The lowest BCUT2D eigenvalue weighted by atomic mass is 10.1. The summed E-state index contributed by atoms with van der Waals surface area (Å²) >= 11 is 0. The van der Waals surface area contributed by atoms with Gasteiger partial charge >= 0.3 is 6.09 Å². The van der Waals surface area contributed by atoms with E-state index < -0.39 is 11.7 Å². The molecule has 9 heteroatoms. The number of nitrogens with zero attached hydrogens (tertiary/aromatic N) is 2. The SMILES string of the molecule is CCNC(=NCC(NC(=O)OC(C)(C)C)C(C)C)N1CCC(OCC2CCCO2)CC1.I. The number of hydrogen-bond acceptors (Lipinski definition) is 5. The molecule has 2 fully saturated rings. The van der Waals surface area contributed by atoms with Gasteiger partial charge in [-0.3, -0.25) is 4.99 Å². The van der Waals surface area contributed by atoms with E-state index in [1.165, 1.54) is 0 Å². The van der Waals surface area contributed by atoms with E-state index in [1.54, 1.807) is 0 Å². The molecule has 0 aliphatic carbocycles. The summed E-state index contributed by atoms with van der Waals surface area (Å²) in [4.78, 5) is 19.3. The molecule has 188 valence electrons. The van der Waals surface area contributed by atoms with Crippen molar-refractivity contribution in [1.29, 1.82) is 0 Å². The first-order valence-electron chi connectivity index (χ1n) is 11.9. The number of halogens is 1. The van der Waals surface area contributed by atoms with Crippen LogP contribution in [0.1, 0.15) is 67.2 Å². The van der Waals surface area contributed by atoms with Crippen molar-refractivity contribution in [2.24, 2.45) is 10.9 Å². The summed E-state index contributed by atoms with van der Waals surface area (Å²) in [5, 5.41) is 6.38. The second-order valence-electron chi connectivity index (χ2n) is 9.85. The van der Waals surface area contributed by atoms with Crippen molar-refractivity contribution in [3.8, 4) is 0 Å². The predicted octanol–water partition coefficient (Wildman–Crippen LogP) is 3.78. The van der Waals surface area contributed by atoms with Crippen LogP contribution in [0.2, 0.25) is 0 Å². The van der Waals surface area contributed by atoms with Gasteiger partial charge in [0.15, 0.2) is 5.96 Å². The largest absolute Gasteiger partial charge is 0.444 e. The summed E-state index contributed by atoms with van der Waals surface area (Å²) in [5.41, 5.74) is -0.514. The molecule has 8 nitrogen and oxygen atoms in total. The number of nitrogens with one attached hydrogen (secondary N) is 2. The van der Waals surface area contributed by atoms with Crippen LogP contribution < -0.4 is 10.6 Å². The minimum absolute atomic E-state index is 0. The molecule has 0 aromatic carbocycles. The Labute approximate surface area is 211 Å². The number of aliphatic imine (C=N–C) groups is 1. The van der Waals surface area contributed by atoms with Gasteiger partial charge in [-0.2, -0.15) is 0 Å². The standard InChI is InChI=1S/C23H44N4O4.HI/c1-7-24-21(25-15-20(17(2)3)26-22(28)31-23(4,5)6)27-12-10-18(11-13-27)30-16-19-9-8-14-29-19;/h17-20H,7-16H2,1-6H3,(H,24,25)(H,26,28);1H. The Bertz CT molecular complexity index is 569. The number of carbonyl (C=O) groups is 1. The number of ether oxygens (including phenoxy) is 3. The fourth-order valence-electron chi connectivity index (χ4n) is 3.75. The molecule has 0 aromatic rings. The smallest absolute Gasteiger partial charge is 0.407 e. The molecule has 2 unspecified atom stereocenters. The lowest BCUT2D eigenvalue weighted by Crippen LogP contribution is -2.48. The second-order valence-corrected chi connectivity index (χ2v) is 9.85. The highest BCUT2D eigenvalue weighted by molar-refractivity contribution is 14.0. The molecule has 32 heavy (non-hydrogen) atoms. The van der Waals surface area contributed by atoms with Gasteiger partial charge in [-0.1, -0.05) is 13.8 Å². The van der Waals surface area contributed by atoms with Crippen molar-refractivity contribution in [3.63, 3.8) is 0 Å². The average molecular weight is 569 g/mol. The van der Waals surface area contributed by atoms with E-state index in [4.69, 9.17) is 19.2 Å². The van der Waals surface area contributed by atoms with E-state index in [0.717, 1.165) is 57.9 Å². The molecule has 2 aliphatic rings. The maximum atomic E-state index is 12.2. The first-order valence-corrected chi connectivity index (χ1v) is 11.9. The molecule has 0 spiro atoms. The third-order valence-corrected chi connectivity index (χ3v) is 5.56. The van der Waals surface area contributed by atoms with E-state index in [2.05, 4.69) is 36.3 Å². The van der Waals surface area contributed by atoms with Crippen LogP contribution in [0.25, 0.3) is 0 Å². The van der Waals surface area contributed by atoms with Crippen molar-refractivity contribution in [3.05, 3.63) is 0 Å². The fraction of sp³-hybridized carbons (Fsp3) is 0.913. The number of piperidine rings is 1. The zero-order chi connectivity index (χ0) is 22.9. The molecular weight excluding hydrogens is 523 g/mol. The van der Waals surface area contributed by atoms with Gasteiger partial charge in [0.2, 0.25) is 0 Å². The summed E-state index contributed by atoms with van der Waals surface area (Å²) < 4.78 is 17.2. The van der Waals surface area contributed by atoms with Crippen LogP contribution in [0.4, 0.5) is 4.79 Å². The van der Waals surface area contributed by atoms with Crippen molar-refractivity contribution >= 4 is 36.0 Å². The molecular formula is C23H45IN4O4. The van der Waals surface area contributed by atoms with Gasteiger partial charge in [-0.05, 0) is 59.3 Å². The molecule has 2 saturated heterocycles. The molecule has 2 rings (SSSR count). The van der Waals surface area contributed by atoms with E-state index in [0.29, 0.717) is 19.3 Å². The van der Waals surface area contributed by atoms with Crippen LogP contribution in [0.15, 0.2) is 4.99 Å².